The van der Waals surface area contributed by atoms with Crippen molar-refractivity contribution in [2.75, 3.05) is 19.7 Å². The molecule has 4 heteroatoms. The van der Waals surface area contributed by atoms with E-state index < -0.39 is 0 Å². The van der Waals surface area contributed by atoms with E-state index in [9.17, 15) is 4.79 Å². The molecule has 4 nitrogen and oxygen atoms in total. The molecule has 1 aromatic rings. The minimum atomic E-state index is 0.0803. The molecule has 1 heterocycles. The van der Waals surface area contributed by atoms with Gasteiger partial charge < -0.3 is 15.4 Å². The molecule has 0 aromatic heterocycles. The summed E-state index contributed by atoms with van der Waals surface area (Å²) in [6.45, 7) is 4.34. The third-order valence-electron chi connectivity index (χ3n) is 4.78. The molecule has 1 saturated carbocycles. The van der Waals surface area contributed by atoms with Crippen molar-refractivity contribution in [3.8, 4) is 5.75 Å². The lowest BCUT2D eigenvalue weighted by Gasteiger charge is -2.35. The lowest BCUT2D eigenvalue weighted by molar-refractivity contribution is 0.0656. The van der Waals surface area contributed by atoms with Crippen LogP contribution < -0.4 is 10.5 Å². The zero-order chi connectivity index (χ0) is 15.5. The molecule has 2 unspecified atom stereocenters. The minimum absolute atomic E-state index is 0.0803. The SMILES string of the molecule is CC(N)C1CCCN(C(=O)c2ccccc2OCC2CC2)C1. The number of amides is 1. The first-order valence-corrected chi connectivity index (χ1v) is 8.42. The largest absolute Gasteiger partial charge is 0.492 e. The summed E-state index contributed by atoms with van der Waals surface area (Å²) in [7, 11) is 0. The topological polar surface area (TPSA) is 55.6 Å². The molecule has 2 N–H and O–H groups in total. The Hall–Kier alpha value is -1.55. The van der Waals surface area contributed by atoms with Gasteiger partial charge in [0.1, 0.15) is 5.75 Å². The van der Waals surface area contributed by atoms with E-state index in [0.717, 1.165) is 38.3 Å². The second kappa shape index (κ2) is 6.69. The summed E-state index contributed by atoms with van der Waals surface area (Å²) in [5.41, 5.74) is 6.71. The maximum Gasteiger partial charge on any atom is 0.257 e. The molecule has 120 valence electrons. The summed E-state index contributed by atoms with van der Waals surface area (Å²) in [4.78, 5) is 14.8. The Labute approximate surface area is 132 Å². The van der Waals surface area contributed by atoms with Crippen molar-refractivity contribution in [3.05, 3.63) is 29.8 Å². The lowest BCUT2D eigenvalue weighted by atomic mass is 9.92. The summed E-state index contributed by atoms with van der Waals surface area (Å²) in [6.07, 6.45) is 4.64. The number of hydrogen-bond donors (Lipinski definition) is 1. The molecule has 2 aliphatic rings. The van der Waals surface area contributed by atoms with Gasteiger partial charge in [-0.05, 0) is 56.6 Å². The van der Waals surface area contributed by atoms with Crippen molar-refractivity contribution in [1.82, 2.24) is 4.90 Å². The zero-order valence-electron chi connectivity index (χ0n) is 13.3. The molecule has 0 radical (unpaired) electrons. The third-order valence-corrected chi connectivity index (χ3v) is 4.78. The van der Waals surface area contributed by atoms with Crippen LogP contribution in [0.2, 0.25) is 0 Å². The van der Waals surface area contributed by atoms with E-state index >= 15 is 0 Å². The maximum atomic E-state index is 12.9. The number of carbonyl (C=O) groups excluding carboxylic acids is 1. The predicted molar refractivity (Wildman–Crippen MR) is 86.9 cm³/mol. The van der Waals surface area contributed by atoms with Crippen LogP contribution >= 0.6 is 0 Å². The van der Waals surface area contributed by atoms with Crippen molar-refractivity contribution in [1.29, 1.82) is 0 Å². The van der Waals surface area contributed by atoms with Gasteiger partial charge in [-0.2, -0.15) is 0 Å². The number of hydrogen-bond acceptors (Lipinski definition) is 3. The Morgan fingerprint density at radius 3 is 2.86 bits per heavy atom. The van der Waals surface area contributed by atoms with Gasteiger partial charge in [-0.25, -0.2) is 0 Å². The first-order valence-electron chi connectivity index (χ1n) is 8.42. The summed E-state index contributed by atoms with van der Waals surface area (Å²) in [6, 6.07) is 7.75. The molecule has 2 fully saturated rings. The van der Waals surface area contributed by atoms with Gasteiger partial charge in [0.2, 0.25) is 0 Å². The van der Waals surface area contributed by atoms with Crippen LogP contribution in [0.5, 0.6) is 5.75 Å². The van der Waals surface area contributed by atoms with Gasteiger partial charge in [-0.1, -0.05) is 12.1 Å². The number of carbonyl (C=O) groups is 1. The molecule has 0 bridgehead atoms. The molecule has 1 aromatic carbocycles. The van der Waals surface area contributed by atoms with Gasteiger partial charge in [0.05, 0.1) is 12.2 Å². The number of ether oxygens (including phenoxy) is 1. The number of nitrogens with zero attached hydrogens (tertiary/aromatic N) is 1. The fourth-order valence-electron chi connectivity index (χ4n) is 3.06. The second-order valence-corrected chi connectivity index (χ2v) is 6.76. The number of likely N-dealkylation sites (tertiary alicyclic amines) is 1. The van der Waals surface area contributed by atoms with Crippen LogP contribution in [-0.4, -0.2) is 36.5 Å². The van der Waals surface area contributed by atoms with Gasteiger partial charge in [-0.15, -0.1) is 0 Å². The summed E-state index contributed by atoms with van der Waals surface area (Å²) >= 11 is 0. The van der Waals surface area contributed by atoms with Crippen LogP contribution in [0, 0.1) is 11.8 Å². The Morgan fingerprint density at radius 1 is 1.36 bits per heavy atom. The van der Waals surface area contributed by atoms with Gasteiger partial charge in [0.15, 0.2) is 0 Å². The number of benzene rings is 1. The highest BCUT2D eigenvalue weighted by Gasteiger charge is 2.28. The second-order valence-electron chi connectivity index (χ2n) is 6.76. The highest BCUT2D eigenvalue weighted by atomic mass is 16.5. The van der Waals surface area contributed by atoms with E-state index in [4.69, 9.17) is 10.5 Å². The van der Waals surface area contributed by atoms with Crippen LogP contribution in [0.1, 0.15) is 43.0 Å². The Balaban J connectivity index is 1.70. The minimum Gasteiger partial charge on any atom is -0.492 e. The van der Waals surface area contributed by atoms with Gasteiger partial charge in [0, 0.05) is 19.1 Å². The van der Waals surface area contributed by atoms with Gasteiger partial charge in [-0.3, -0.25) is 4.79 Å². The quantitative estimate of drug-likeness (QED) is 0.910. The lowest BCUT2D eigenvalue weighted by Crippen LogP contribution is -2.45. The van der Waals surface area contributed by atoms with E-state index in [0.29, 0.717) is 17.4 Å². The summed E-state index contributed by atoms with van der Waals surface area (Å²) < 4.78 is 5.88. The Kier molecular flexibility index (Phi) is 4.67. The molecular weight excluding hydrogens is 276 g/mol. The van der Waals surface area contributed by atoms with Crippen molar-refractivity contribution in [3.63, 3.8) is 0 Å². The molecule has 1 amide bonds. The molecule has 2 atom stereocenters. The first kappa shape index (κ1) is 15.3. The third kappa shape index (κ3) is 3.61. The average molecular weight is 302 g/mol. The van der Waals surface area contributed by atoms with E-state index in [1.807, 2.05) is 36.1 Å². The summed E-state index contributed by atoms with van der Waals surface area (Å²) in [5.74, 6) is 1.89. The molecule has 3 rings (SSSR count). The molecular formula is C18H26N2O2. The number of para-hydroxylation sites is 1. The van der Waals surface area contributed by atoms with Crippen molar-refractivity contribution >= 4 is 5.91 Å². The Morgan fingerprint density at radius 2 is 2.14 bits per heavy atom. The van der Waals surface area contributed by atoms with E-state index in [-0.39, 0.29) is 11.9 Å². The maximum absolute atomic E-state index is 12.9. The van der Waals surface area contributed by atoms with E-state index in [1.165, 1.54) is 12.8 Å². The van der Waals surface area contributed by atoms with Crippen LogP contribution in [0.4, 0.5) is 0 Å². The van der Waals surface area contributed by atoms with Crippen molar-refractivity contribution in [2.45, 2.75) is 38.6 Å². The molecule has 22 heavy (non-hydrogen) atoms. The van der Waals surface area contributed by atoms with Gasteiger partial charge in [0.25, 0.3) is 5.91 Å². The fourth-order valence-corrected chi connectivity index (χ4v) is 3.06. The van der Waals surface area contributed by atoms with Gasteiger partial charge >= 0.3 is 0 Å². The molecule has 1 aliphatic heterocycles. The smallest absolute Gasteiger partial charge is 0.257 e. The van der Waals surface area contributed by atoms with Crippen molar-refractivity contribution < 1.29 is 9.53 Å². The summed E-state index contributed by atoms with van der Waals surface area (Å²) in [5, 5.41) is 0. The highest BCUT2D eigenvalue weighted by Crippen LogP contribution is 2.31. The first-order chi connectivity index (χ1) is 10.6. The van der Waals surface area contributed by atoms with E-state index in [1.54, 1.807) is 0 Å². The standard InChI is InChI=1S/C18H26N2O2/c1-13(19)15-5-4-10-20(11-15)18(21)16-6-2-3-7-17(16)22-12-14-8-9-14/h2-3,6-7,13-15H,4-5,8-12,19H2,1H3. The number of piperidine rings is 1. The zero-order valence-corrected chi connectivity index (χ0v) is 13.3. The van der Waals surface area contributed by atoms with Crippen molar-refractivity contribution in [2.24, 2.45) is 17.6 Å². The highest BCUT2D eigenvalue weighted by molar-refractivity contribution is 5.97. The number of rotatable bonds is 5. The van der Waals surface area contributed by atoms with Crippen LogP contribution in [-0.2, 0) is 0 Å². The van der Waals surface area contributed by atoms with Crippen LogP contribution in [0.3, 0.4) is 0 Å². The fraction of sp³-hybridized carbons (Fsp3) is 0.611. The Bertz CT molecular complexity index is 526. The molecule has 0 spiro atoms. The monoisotopic (exact) mass is 302 g/mol. The number of nitrogens with two attached hydrogens (primary N) is 1. The molecule has 1 saturated heterocycles. The predicted octanol–water partition coefficient (Wildman–Crippen LogP) is 2.67. The van der Waals surface area contributed by atoms with Crippen LogP contribution in [0.25, 0.3) is 0 Å². The van der Waals surface area contributed by atoms with Crippen LogP contribution in [0.15, 0.2) is 24.3 Å². The molecule has 1 aliphatic carbocycles. The van der Waals surface area contributed by atoms with E-state index in [2.05, 4.69) is 0 Å². The normalized spacial score (nSPS) is 23.2. The average Bonchev–Trinajstić information content (AvgIpc) is 3.37.